The van der Waals surface area contributed by atoms with E-state index in [4.69, 9.17) is 28.9 Å². The molecule has 2 aromatic carbocycles. The van der Waals surface area contributed by atoms with Crippen LogP contribution in [0.25, 0.3) is 0 Å². The van der Waals surface area contributed by atoms with Gasteiger partial charge in [0.2, 0.25) is 0 Å². The van der Waals surface area contributed by atoms with Crippen LogP contribution in [0.3, 0.4) is 0 Å². The van der Waals surface area contributed by atoms with Crippen LogP contribution in [0.15, 0.2) is 36.4 Å². The van der Waals surface area contributed by atoms with Gasteiger partial charge in [0, 0.05) is 16.8 Å². The van der Waals surface area contributed by atoms with Gasteiger partial charge in [0.05, 0.1) is 15.5 Å². The number of hydrogen-bond acceptors (Lipinski definition) is 4. The van der Waals surface area contributed by atoms with Crippen molar-refractivity contribution < 1.29 is 9.72 Å². The third kappa shape index (κ3) is 3.42. The molecular formula is C13H9Cl2N3O3. The molecule has 2 aromatic rings. The van der Waals surface area contributed by atoms with E-state index in [0.29, 0.717) is 5.69 Å². The van der Waals surface area contributed by atoms with Gasteiger partial charge in [-0.05, 0) is 30.3 Å². The van der Waals surface area contributed by atoms with Crippen LogP contribution in [-0.2, 0) is 0 Å². The van der Waals surface area contributed by atoms with Crippen LogP contribution in [0.5, 0.6) is 0 Å². The largest absolute Gasteiger partial charge is 0.399 e. The van der Waals surface area contributed by atoms with Crippen molar-refractivity contribution in [2.24, 2.45) is 0 Å². The number of nitrogen functional groups attached to an aromatic ring is 1. The first-order valence-corrected chi connectivity index (χ1v) is 6.44. The standard InChI is InChI=1S/C13H9Cl2N3O3/c14-7-1-4-12(18(20)21)11(5-7)17-13(19)9-6-8(16)2-3-10(9)15/h1-6H,16H2,(H,17,19). The Hall–Kier alpha value is -2.31. The van der Waals surface area contributed by atoms with Gasteiger partial charge in [0.25, 0.3) is 11.6 Å². The highest BCUT2D eigenvalue weighted by Crippen LogP contribution is 2.29. The summed E-state index contributed by atoms with van der Waals surface area (Å²) in [6, 6.07) is 8.26. The number of nitro groups is 1. The highest BCUT2D eigenvalue weighted by molar-refractivity contribution is 6.34. The lowest BCUT2D eigenvalue weighted by Gasteiger charge is -2.08. The van der Waals surface area contributed by atoms with Crippen LogP contribution < -0.4 is 11.1 Å². The number of carbonyl (C=O) groups is 1. The van der Waals surface area contributed by atoms with E-state index in [1.54, 1.807) is 6.07 Å². The normalized spacial score (nSPS) is 10.2. The van der Waals surface area contributed by atoms with Gasteiger partial charge in [-0.15, -0.1) is 0 Å². The van der Waals surface area contributed by atoms with Crippen LogP contribution in [-0.4, -0.2) is 10.8 Å². The molecule has 8 heteroatoms. The Morgan fingerprint density at radius 3 is 2.57 bits per heavy atom. The fraction of sp³-hybridized carbons (Fsp3) is 0. The summed E-state index contributed by atoms with van der Waals surface area (Å²) in [5, 5.41) is 13.8. The molecule has 0 atom stereocenters. The maximum absolute atomic E-state index is 12.2. The zero-order chi connectivity index (χ0) is 15.6. The molecule has 2 rings (SSSR count). The molecule has 0 radical (unpaired) electrons. The molecule has 0 fully saturated rings. The lowest BCUT2D eigenvalue weighted by atomic mass is 10.1. The van der Waals surface area contributed by atoms with Gasteiger partial charge >= 0.3 is 0 Å². The summed E-state index contributed by atoms with van der Waals surface area (Å²) in [7, 11) is 0. The summed E-state index contributed by atoms with van der Waals surface area (Å²) < 4.78 is 0. The molecule has 0 saturated carbocycles. The predicted molar refractivity (Wildman–Crippen MR) is 81.9 cm³/mol. The van der Waals surface area contributed by atoms with E-state index in [9.17, 15) is 14.9 Å². The van der Waals surface area contributed by atoms with Gasteiger partial charge in [0.15, 0.2) is 0 Å². The van der Waals surface area contributed by atoms with Crippen molar-refractivity contribution in [2.45, 2.75) is 0 Å². The van der Waals surface area contributed by atoms with E-state index in [1.807, 2.05) is 0 Å². The number of nitrogens with two attached hydrogens (primary N) is 1. The quantitative estimate of drug-likeness (QED) is 0.510. The molecule has 1 amide bonds. The molecule has 0 spiro atoms. The van der Waals surface area contributed by atoms with Crippen LogP contribution in [0.4, 0.5) is 17.1 Å². The third-order valence-electron chi connectivity index (χ3n) is 2.64. The van der Waals surface area contributed by atoms with Gasteiger partial charge in [-0.25, -0.2) is 0 Å². The molecule has 0 aromatic heterocycles. The minimum absolute atomic E-state index is 0.0176. The van der Waals surface area contributed by atoms with E-state index >= 15 is 0 Å². The van der Waals surface area contributed by atoms with Crippen LogP contribution in [0.2, 0.25) is 10.0 Å². The maximum atomic E-state index is 12.2. The lowest BCUT2D eigenvalue weighted by molar-refractivity contribution is -0.383. The van der Waals surface area contributed by atoms with Crippen molar-refractivity contribution in [3.63, 3.8) is 0 Å². The SMILES string of the molecule is Nc1ccc(Cl)c(C(=O)Nc2cc(Cl)ccc2[N+](=O)[O-])c1. The number of rotatable bonds is 3. The predicted octanol–water partition coefficient (Wildman–Crippen LogP) is 3.74. The molecule has 0 aliphatic rings. The Kier molecular flexibility index (Phi) is 4.30. The Morgan fingerprint density at radius 1 is 1.19 bits per heavy atom. The maximum Gasteiger partial charge on any atom is 0.292 e. The second kappa shape index (κ2) is 5.99. The van der Waals surface area contributed by atoms with Crippen molar-refractivity contribution in [3.8, 4) is 0 Å². The number of nitrogens with zero attached hydrogens (tertiary/aromatic N) is 1. The summed E-state index contributed by atoms with van der Waals surface area (Å²) in [6.45, 7) is 0. The Morgan fingerprint density at radius 2 is 1.90 bits per heavy atom. The molecule has 3 N–H and O–H groups in total. The van der Waals surface area contributed by atoms with Gasteiger partial charge in [0.1, 0.15) is 5.69 Å². The highest BCUT2D eigenvalue weighted by Gasteiger charge is 2.18. The molecule has 21 heavy (non-hydrogen) atoms. The van der Waals surface area contributed by atoms with E-state index in [2.05, 4.69) is 5.32 Å². The molecule has 6 nitrogen and oxygen atoms in total. The lowest BCUT2D eigenvalue weighted by Crippen LogP contribution is -2.14. The third-order valence-corrected chi connectivity index (χ3v) is 3.20. The number of carbonyl (C=O) groups excluding carboxylic acids is 1. The van der Waals surface area contributed by atoms with Crippen LogP contribution in [0.1, 0.15) is 10.4 Å². The minimum Gasteiger partial charge on any atom is -0.399 e. The number of anilines is 2. The first kappa shape index (κ1) is 15.1. The highest BCUT2D eigenvalue weighted by atomic mass is 35.5. The number of nitrogens with one attached hydrogen (secondary N) is 1. The van der Waals surface area contributed by atoms with Crippen molar-refractivity contribution in [1.82, 2.24) is 0 Å². The molecule has 0 bridgehead atoms. The Bertz CT molecular complexity index is 735. The fourth-order valence-electron chi connectivity index (χ4n) is 1.67. The summed E-state index contributed by atoms with van der Waals surface area (Å²) >= 11 is 11.7. The molecule has 0 heterocycles. The van der Waals surface area contributed by atoms with E-state index in [1.165, 1.54) is 30.3 Å². The zero-order valence-corrected chi connectivity index (χ0v) is 12.0. The number of amides is 1. The van der Waals surface area contributed by atoms with E-state index in [0.717, 1.165) is 0 Å². The smallest absolute Gasteiger partial charge is 0.292 e. The Labute approximate surface area is 129 Å². The van der Waals surface area contributed by atoms with E-state index in [-0.39, 0.29) is 27.0 Å². The molecule has 0 saturated heterocycles. The molecule has 0 unspecified atom stereocenters. The summed E-state index contributed by atoms with van der Waals surface area (Å²) in [6.07, 6.45) is 0. The molecule has 0 aliphatic carbocycles. The molecular weight excluding hydrogens is 317 g/mol. The molecule has 0 aliphatic heterocycles. The fourth-order valence-corrected chi connectivity index (χ4v) is 2.05. The monoisotopic (exact) mass is 325 g/mol. The van der Waals surface area contributed by atoms with Crippen molar-refractivity contribution in [3.05, 3.63) is 62.1 Å². The Balaban J connectivity index is 2.38. The summed E-state index contributed by atoms with van der Waals surface area (Å²) in [5.41, 5.74) is 5.77. The van der Waals surface area contributed by atoms with E-state index < -0.39 is 10.8 Å². The van der Waals surface area contributed by atoms with Crippen molar-refractivity contribution >= 4 is 46.2 Å². The summed E-state index contributed by atoms with van der Waals surface area (Å²) in [4.78, 5) is 22.5. The average Bonchev–Trinajstić information content (AvgIpc) is 2.41. The minimum atomic E-state index is -0.618. The zero-order valence-electron chi connectivity index (χ0n) is 10.5. The topological polar surface area (TPSA) is 98.3 Å². The van der Waals surface area contributed by atoms with Crippen LogP contribution >= 0.6 is 23.2 Å². The number of nitro benzene ring substituents is 1. The van der Waals surface area contributed by atoms with Gasteiger partial charge < -0.3 is 11.1 Å². The number of benzene rings is 2. The van der Waals surface area contributed by atoms with Crippen LogP contribution in [0, 0.1) is 10.1 Å². The first-order chi connectivity index (χ1) is 9.88. The van der Waals surface area contributed by atoms with Gasteiger partial charge in [-0.2, -0.15) is 0 Å². The molecule has 108 valence electrons. The van der Waals surface area contributed by atoms with Gasteiger partial charge in [-0.3, -0.25) is 14.9 Å². The second-order valence-electron chi connectivity index (χ2n) is 4.11. The number of halogens is 2. The van der Waals surface area contributed by atoms with Crippen molar-refractivity contribution in [2.75, 3.05) is 11.1 Å². The average molecular weight is 326 g/mol. The van der Waals surface area contributed by atoms with Gasteiger partial charge in [-0.1, -0.05) is 23.2 Å². The first-order valence-electron chi connectivity index (χ1n) is 5.69. The second-order valence-corrected chi connectivity index (χ2v) is 4.96. The number of hydrogen-bond donors (Lipinski definition) is 2. The summed E-state index contributed by atoms with van der Waals surface area (Å²) in [5.74, 6) is -0.613. The van der Waals surface area contributed by atoms with Crippen molar-refractivity contribution in [1.29, 1.82) is 0 Å².